The van der Waals surface area contributed by atoms with E-state index in [0.717, 1.165) is 31.5 Å². The number of benzene rings is 1. The molecule has 0 unspecified atom stereocenters. The molecule has 1 aromatic carbocycles. The second kappa shape index (κ2) is 4.70. The van der Waals surface area contributed by atoms with Crippen molar-refractivity contribution >= 4 is 11.6 Å². The highest BCUT2D eigenvalue weighted by atomic mass is 35.5. The van der Waals surface area contributed by atoms with Crippen LogP contribution in [0.2, 0.25) is 5.02 Å². The Morgan fingerprint density at radius 3 is 2.62 bits per heavy atom. The Kier molecular flexibility index (Phi) is 3.47. The van der Waals surface area contributed by atoms with Gasteiger partial charge in [0.2, 0.25) is 0 Å². The maximum atomic E-state index is 13.0. The molecule has 1 aliphatic rings. The highest BCUT2D eigenvalue weighted by Crippen LogP contribution is 2.36. The van der Waals surface area contributed by atoms with E-state index in [2.05, 4.69) is 5.32 Å². The van der Waals surface area contributed by atoms with E-state index in [1.54, 1.807) is 6.07 Å². The third-order valence-electron chi connectivity index (χ3n) is 3.45. The maximum Gasteiger partial charge on any atom is 0.124 e. The fourth-order valence-electron chi connectivity index (χ4n) is 2.41. The molecule has 1 aliphatic heterocycles. The van der Waals surface area contributed by atoms with Crippen molar-refractivity contribution in [2.24, 2.45) is 5.73 Å². The van der Waals surface area contributed by atoms with Crippen LogP contribution in [0.5, 0.6) is 0 Å². The lowest BCUT2D eigenvalue weighted by Crippen LogP contribution is -2.45. The molecule has 0 aromatic heterocycles. The van der Waals surface area contributed by atoms with Gasteiger partial charge in [-0.25, -0.2) is 4.39 Å². The van der Waals surface area contributed by atoms with Crippen LogP contribution in [0.25, 0.3) is 0 Å². The Balaban J connectivity index is 2.39. The minimum atomic E-state index is -0.296. The van der Waals surface area contributed by atoms with E-state index in [1.165, 1.54) is 12.1 Å². The average molecular weight is 243 g/mol. The summed E-state index contributed by atoms with van der Waals surface area (Å²) in [7, 11) is 0. The number of nitrogens with two attached hydrogens (primary N) is 1. The summed E-state index contributed by atoms with van der Waals surface area (Å²) < 4.78 is 13.0. The van der Waals surface area contributed by atoms with Crippen LogP contribution in [-0.4, -0.2) is 19.6 Å². The molecule has 0 bridgehead atoms. The van der Waals surface area contributed by atoms with Crippen LogP contribution in [0.1, 0.15) is 18.4 Å². The molecule has 1 heterocycles. The number of hydrogen-bond donors (Lipinski definition) is 2. The number of hydrogen-bond acceptors (Lipinski definition) is 2. The molecule has 0 spiro atoms. The van der Waals surface area contributed by atoms with Crippen LogP contribution in [0.15, 0.2) is 18.2 Å². The van der Waals surface area contributed by atoms with Crippen LogP contribution in [0.3, 0.4) is 0 Å². The van der Waals surface area contributed by atoms with Gasteiger partial charge in [-0.1, -0.05) is 17.7 Å². The molecule has 0 aliphatic carbocycles. The van der Waals surface area contributed by atoms with E-state index >= 15 is 0 Å². The first-order chi connectivity index (χ1) is 7.68. The summed E-state index contributed by atoms with van der Waals surface area (Å²) in [4.78, 5) is 0. The molecule has 3 N–H and O–H groups in total. The second-order valence-corrected chi connectivity index (χ2v) is 4.77. The van der Waals surface area contributed by atoms with Crippen molar-refractivity contribution in [3.63, 3.8) is 0 Å². The van der Waals surface area contributed by atoms with Gasteiger partial charge in [0.25, 0.3) is 0 Å². The highest BCUT2D eigenvalue weighted by molar-refractivity contribution is 6.31. The molecule has 16 heavy (non-hydrogen) atoms. The Bertz CT molecular complexity index is 375. The Labute approximate surface area is 100.0 Å². The Morgan fingerprint density at radius 1 is 1.38 bits per heavy atom. The summed E-state index contributed by atoms with van der Waals surface area (Å²) >= 11 is 6.12. The van der Waals surface area contributed by atoms with Gasteiger partial charge < -0.3 is 11.1 Å². The molecule has 88 valence electrons. The minimum absolute atomic E-state index is 0.0873. The summed E-state index contributed by atoms with van der Waals surface area (Å²) in [6.45, 7) is 2.43. The van der Waals surface area contributed by atoms with Gasteiger partial charge in [-0.05, 0) is 43.6 Å². The SMILES string of the molecule is NCC1(c2ccc(F)cc2Cl)CCNCC1. The summed E-state index contributed by atoms with van der Waals surface area (Å²) in [6.07, 6.45) is 1.91. The minimum Gasteiger partial charge on any atom is -0.330 e. The predicted octanol–water partition coefficient (Wildman–Crippen LogP) is 2.06. The summed E-state index contributed by atoms with van der Waals surface area (Å²) in [6, 6.07) is 4.60. The van der Waals surface area contributed by atoms with Crippen molar-refractivity contribution in [1.29, 1.82) is 0 Å². The fourth-order valence-corrected chi connectivity index (χ4v) is 2.78. The van der Waals surface area contributed by atoms with Gasteiger partial charge in [0.1, 0.15) is 5.82 Å². The van der Waals surface area contributed by atoms with E-state index in [-0.39, 0.29) is 11.2 Å². The quantitative estimate of drug-likeness (QED) is 0.833. The molecular weight excluding hydrogens is 227 g/mol. The largest absolute Gasteiger partial charge is 0.330 e. The first kappa shape index (κ1) is 11.8. The van der Waals surface area contributed by atoms with E-state index in [9.17, 15) is 4.39 Å². The molecule has 1 fully saturated rings. The fraction of sp³-hybridized carbons (Fsp3) is 0.500. The topological polar surface area (TPSA) is 38.0 Å². The van der Waals surface area contributed by atoms with Gasteiger partial charge >= 0.3 is 0 Å². The molecule has 2 rings (SSSR count). The molecule has 2 nitrogen and oxygen atoms in total. The van der Waals surface area contributed by atoms with Gasteiger partial charge in [0.15, 0.2) is 0 Å². The zero-order valence-electron chi connectivity index (χ0n) is 9.10. The third-order valence-corrected chi connectivity index (χ3v) is 3.77. The normalized spacial score (nSPS) is 19.7. The standard InChI is InChI=1S/C12H16ClFN2/c13-11-7-9(14)1-2-10(11)12(8-15)3-5-16-6-4-12/h1-2,7,16H,3-6,8,15H2. The van der Waals surface area contributed by atoms with Crippen molar-refractivity contribution < 1.29 is 4.39 Å². The molecule has 0 saturated carbocycles. The van der Waals surface area contributed by atoms with Crippen LogP contribution in [0, 0.1) is 5.82 Å². The third kappa shape index (κ3) is 2.08. The van der Waals surface area contributed by atoms with Gasteiger partial charge in [0.05, 0.1) is 0 Å². The zero-order valence-corrected chi connectivity index (χ0v) is 9.86. The zero-order chi connectivity index (χ0) is 11.6. The summed E-state index contributed by atoms with van der Waals surface area (Å²) in [5.41, 5.74) is 6.80. The van der Waals surface area contributed by atoms with Gasteiger partial charge in [-0.2, -0.15) is 0 Å². The summed E-state index contributed by atoms with van der Waals surface area (Å²) in [5, 5.41) is 3.79. The molecule has 1 saturated heterocycles. The van der Waals surface area contributed by atoms with Crippen LogP contribution >= 0.6 is 11.6 Å². The predicted molar refractivity (Wildman–Crippen MR) is 64.2 cm³/mol. The molecule has 0 amide bonds. The lowest BCUT2D eigenvalue weighted by molar-refractivity contribution is 0.315. The molecule has 0 atom stereocenters. The van der Waals surface area contributed by atoms with E-state index < -0.39 is 0 Å². The molecule has 1 aromatic rings. The number of rotatable bonds is 2. The Morgan fingerprint density at radius 2 is 2.06 bits per heavy atom. The second-order valence-electron chi connectivity index (χ2n) is 4.36. The maximum absolute atomic E-state index is 13.0. The van der Waals surface area contributed by atoms with Crippen LogP contribution in [0.4, 0.5) is 4.39 Å². The van der Waals surface area contributed by atoms with E-state index in [1.807, 2.05) is 0 Å². The van der Waals surface area contributed by atoms with E-state index in [4.69, 9.17) is 17.3 Å². The molecule has 4 heteroatoms. The highest BCUT2D eigenvalue weighted by Gasteiger charge is 2.34. The smallest absolute Gasteiger partial charge is 0.124 e. The Hall–Kier alpha value is -0.640. The monoisotopic (exact) mass is 242 g/mol. The first-order valence-corrected chi connectivity index (χ1v) is 5.92. The van der Waals surface area contributed by atoms with Crippen LogP contribution < -0.4 is 11.1 Å². The molecule has 0 radical (unpaired) electrons. The summed E-state index contributed by atoms with van der Waals surface area (Å²) in [5.74, 6) is -0.296. The van der Waals surface area contributed by atoms with Crippen molar-refractivity contribution in [1.82, 2.24) is 5.32 Å². The van der Waals surface area contributed by atoms with Gasteiger partial charge in [0, 0.05) is 17.0 Å². The molecular formula is C12H16ClFN2. The lowest BCUT2D eigenvalue weighted by atomic mass is 9.73. The number of halogens is 2. The van der Waals surface area contributed by atoms with Crippen LogP contribution in [-0.2, 0) is 5.41 Å². The van der Waals surface area contributed by atoms with Crippen molar-refractivity contribution in [3.8, 4) is 0 Å². The van der Waals surface area contributed by atoms with Crippen molar-refractivity contribution in [2.45, 2.75) is 18.3 Å². The average Bonchev–Trinajstić information content (AvgIpc) is 2.30. The van der Waals surface area contributed by atoms with Gasteiger partial charge in [-0.15, -0.1) is 0 Å². The van der Waals surface area contributed by atoms with Crippen molar-refractivity contribution in [3.05, 3.63) is 34.6 Å². The van der Waals surface area contributed by atoms with E-state index in [0.29, 0.717) is 11.6 Å². The first-order valence-electron chi connectivity index (χ1n) is 5.54. The van der Waals surface area contributed by atoms with Gasteiger partial charge in [-0.3, -0.25) is 0 Å². The van der Waals surface area contributed by atoms with Crippen molar-refractivity contribution in [2.75, 3.05) is 19.6 Å². The number of piperidine rings is 1. The number of nitrogens with one attached hydrogen (secondary N) is 1. The lowest BCUT2D eigenvalue weighted by Gasteiger charge is -2.37.